The molecule has 1 heterocycles. The number of amides is 1. The summed E-state index contributed by atoms with van der Waals surface area (Å²) in [4.78, 5) is 25.0. The van der Waals surface area contributed by atoms with Gasteiger partial charge in [0.15, 0.2) is 5.16 Å². The largest absolute Gasteiger partial charge is 0.325 e. The quantitative estimate of drug-likeness (QED) is 0.799. The maximum absolute atomic E-state index is 11.6. The van der Waals surface area contributed by atoms with Gasteiger partial charge in [0.25, 0.3) is 5.56 Å². The molecular weight excluding hydrogens is 252 g/mol. The van der Waals surface area contributed by atoms with Crippen molar-refractivity contribution < 1.29 is 4.79 Å². The van der Waals surface area contributed by atoms with E-state index in [2.05, 4.69) is 20.5 Å². The summed E-state index contributed by atoms with van der Waals surface area (Å²) in [5.74, 6) is -0.0125. The highest BCUT2D eigenvalue weighted by Crippen LogP contribution is 2.11. The summed E-state index contributed by atoms with van der Waals surface area (Å²) in [6.07, 6.45) is 1.08. The molecule has 2 N–H and O–H groups in total. The number of anilines is 1. The van der Waals surface area contributed by atoms with Gasteiger partial charge in [0, 0.05) is 5.69 Å². The van der Waals surface area contributed by atoms with E-state index in [1.54, 1.807) is 12.1 Å². The van der Waals surface area contributed by atoms with E-state index in [9.17, 15) is 9.59 Å². The highest BCUT2D eigenvalue weighted by Gasteiger charge is 2.05. The van der Waals surface area contributed by atoms with Gasteiger partial charge in [-0.1, -0.05) is 30.0 Å². The van der Waals surface area contributed by atoms with Crippen LogP contribution in [0.1, 0.15) is 0 Å². The molecule has 0 atom stereocenters. The van der Waals surface area contributed by atoms with Crippen LogP contribution in [0.2, 0.25) is 0 Å². The number of aromatic amines is 1. The zero-order valence-electron chi connectivity index (χ0n) is 9.29. The Hall–Kier alpha value is -2.15. The van der Waals surface area contributed by atoms with Crippen molar-refractivity contribution in [3.63, 3.8) is 0 Å². The van der Waals surface area contributed by atoms with E-state index in [1.165, 1.54) is 0 Å². The minimum atomic E-state index is -0.337. The molecule has 1 aromatic carbocycles. The number of aromatic nitrogens is 3. The van der Waals surface area contributed by atoms with Gasteiger partial charge in [-0.15, -0.1) is 5.10 Å². The number of nitrogens with one attached hydrogen (secondary N) is 2. The Morgan fingerprint density at radius 2 is 2.11 bits per heavy atom. The number of benzene rings is 1. The molecule has 0 bridgehead atoms. The van der Waals surface area contributed by atoms with Gasteiger partial charge in [0.05, 0.1) is 5.75 Å². The third kappa shape index (κ3) is 3.70. The van der Waals surface area contributed by atoms with Gasteiger partial charge in [-0.3, -0.25) is 14.6 Å². The van der Waals surface area contributed by atoms with Crippen LogP contribution < -0.4 is 10.9 Å². The number of nitrogens with zero attached hydrogens (tertiary/aromatic N) is 2. The van der Waals surface area contributed by atoms with E-state index in [4.69, 9.17) is 0 Å². The Kier molecular flexibility index (Phi) is 4.08. The average molecular weight is 262 g/mol. The molecule has 6 nitrogen and oxygen atoms in total. The average Bonchev–Trinajstić information content (AvgIpc) is 2.38. The first-order valence-corrected chi connectivity index (χ1v) is 6.12. The number of carbonyl (C=O) groups excluding carboxylic acids is 1. The molecule has 92 valence electrons. The van der Waals surface area contributed by atoms with E-state index in [0.29, 0.717) is 5.16 Å². The first-order chi connectivity index (χ1) is 8.74. The predicted molar refractivity (Wildman–Crippen MR) is 68.4 cm³/mol. The van der Waals surface area contributed by atoms with Crippen LogP contribution >= 0.6 is 11.8 Å². The second-order valence-electron chi connectivity index (χ2n) is 3.34. The van der Waals surface area contributed by atoms with Crippen molar-refractivity contribution in [1.29, 1.82) is 0 Å². The van der Waals surface area contributed by atoms with Crippen LogP contribution in [-0.4, -0.2) is 26.8 Å². The number of rotatable bonds is 4. The van der Waals surface area contributed by atoms with Crippen LogP contribution in [0.15, 0.2) is 46.5 Å². The second kappa shape index (κ2) is 5.97. The number of carbonyl (C=O) groups is 1. The van der Waals surface area contributed by atoms with Gasteiger partial charge < -0.3 is 5.32 Å². The van der Waals surface area contributed by atoms with E-state index >= 15 is 0 Å². The fourth-order valence-corrected chi connectivity index (χ4v) is 1.83. The van der Waals surface area contributed by atoms with Gasteiger partial charge >= 0.3 is 0 Å². The summed E-state index contributed by atoms with van der Waals surface area (Å²) >= 11 is 1.12. The molecule has 0 unspecified atom stereocenters. The minimum Gasteiger partial charge on any atom is -0.325 e. The second-order valence-corrected chi connectivity index (χ2v) is 4.31. The zero-order valence-corrected chi connectivity index (χ0v) is 10.1. The van der Waals surface area contributed by atoms with Crippen molar-refractivity contribution in [2.75, 3.05) is 11.1 Å². The lowest BCUT2D eigenvalue weighted by atomic mass is 10.3. The Labute approximate surface area is 107 Å². The summed E-state index contributed by atoms with van der Waals surface area (Å²) in [5, 5.41) is 10.2. The van der Waals surface area contributed by atoms with E-state index < -0.39 is 0 Å². The van der Waals surface area contributed by atoms with Gasteiger partial charge in [-0.25, -0.2) is 0 Å². The molecule has 0 aliphatic heterocycles. The van der Waals surface area contributed by atoms with Crippen LogP contribution in [0.25, 0.3) is 0 Å². The highest BCUT2D eigenvalue weighted by molar-refractivity contribution is 7.99. The molecule has 1 aromatic heterocycles. The minimum absolute atomic E-state index is 0.156. The van der Waals surface area contributed by atoms with Crippen molar-refractivity contribution in [1.82, 2.24) is 15.2 Å². The molecule has 7 heteroatoms. The molecule has 0 radical (unpaired) electrons. The fourth-order valence-electron chi connectivity index (χ4n) is 1.21. The van der Waals surface area contributed by atoms with E-state index in [1.807, 2.05) is 18.2 Å². The number of hydrogen-bond acceptors (Lipinski definition) is 5. The van der Waals surface area contributed by atoms with Gasteiger partial charge in [0.2, 0.25) is 5.91 Å². The summed E-state index contributed by atoms with van der Waals surface area (Å²) in [6, 6.07) is 9.14. The maximum atomic E-state index is 11.6. The van der Waals surface area contributed by atoms with Crippen molar-refractivity contribution in [2.45, 2.75) is 5.16 Å². The molecule has 0 saturated heterocycles. The third-order valence-electron chi connectivity index (χ3n) is 1.95. The third-order valence-corrected chi connectivity index (χ3v) is 2.81. The summed E-state index contributed by atoms with van der Waals surface area (Å²) in [6.45, 7) is 0. The summed E-state index contributed by atoms with van der Waals surface area (Å²) in [5.41, 5.74) is 0.395. The van der Waals surface area contributed by atoms with Crippen molar-refractivity contribution in [3.8, 4) is 0 Å². The molecule has 0 aliphatic carbocycles. The van der Waals surface area contributed by atoms with E-state index in [0.717, 1.165) is 23.6 Å². The molecule has 18 heavy (non-hydrogen) atoms. The lowest BCUT2D eigenvalue weighted by molar-refractivity contribution is -0.113. The lowest BCUT2D eigenvalue weighted by Crippen LogP contribution is -2.15. The molecule has 0 fully saturated rings. The van der Waals surface area contributed by atoms with Crippen LogP contribution in [0.5, 0.6) is 0 Å². The van der Waals surface area contributed by atoms with E-state index in [-0.39, 0.29) is 17.2 Å². The van der Waals surface area contributed by atoms with Gasteiger partial charge in [0.1, 0.15) is 6.20 Å². The van der Waals surface area contributed by atoms with Crippen LogP contribution in [0, 0.1) is 0 Å². The number of thioether (sulfide) groups is 1. The normalized spacial score (nSPS) is 10.0. The van der Waals surface area contributed by atoms with Crippen molar-refractivity contribution >= 4 is 23.4 Å². The van der Waals surface area contributed by atoms with Crippen LogP contribution in [-0.2, 0) is 4.79 Å². The maximum Gasteiger partial charge on any atom is 0.270 e. The molecule has 2 rings (SSSR count). The summed E-state index contributed by atoms with van der Waals surface area (Å²) < 4.78 is 0. The Bertz CT molecular complexity index is 585. The number of hydrogen-bond donors (Lipinski definition) is 2. The van der Waals surface area contributed by atoms with Crippen LogP contribution in [0.4, 0.5) is 5.69 Å². The Morgan fingerprint density at radius 1 is 1.33 bits per heavy atom. The molecular formula is C11H10N4O2S. The van der Waals surface area contributed by atoms with Crippen LogP contribution in [0.3, 0.4) is 0 Å². The van der Waals surface area contributed by atoms with Crippen molar-refractivity contribution in [3.05, 3.63) is 46.9 Å². The number of H-pyrrole nitrogens is 1. The molecule has 1 amide bonds. The first kappa shape index (κ1) is 12.3. The smallest absolute Gasteiger partial charge is 0.270 e. The van der Waals surface area contributed by atoms with Gasteiger partial charge in [-0.2, -0.15) is 5.10 Å². The Morgan fingerprint density at radius 3 is 2.83 bits per heavy atom. The molecule has 0 aliphatic rings. The zero-order chi connectivity index (χ0) is 12.8. The lowest BCUT2D eigenvalue weighted by Gasteiger charge is -2.03. The summed E-state index contributed by atoms with van der Waals surface area (Å²) in [7, 11) is 0. The molecule has 2 aromatic rings. The highest BCUT2D eigenvalue weighted by atomic mass is 32.2. The number of para-hydroxylation sites is 1. The van der Waals surface area contributed by atoms with Gasteiger partial charge in [-0.05, 0) is 12.1 Å². The predicted octanol–water partition coefficient (Wildman–Crippen LogP) is 0.896. The topological polar surface area (TPSA) is 87.7 Å². The SMILES string of the molecule is O=C(CSc1nncc(=O)[nH]1)Nc1ccccc1. The Balaban J connectivity index is 1.87. The monoisotopic (exact) mass is 262 g/mol. The van der Waals surface area contributed by atoms with Crippen molar-refractivity contribution in [2.24, 2.45) is 0 Å². The first-order valence-electron chi connectivity index (χ1n) is 5.14. The molecule has 0 spiro atoms. The molecule has 0 saturated carbocycles. The standard InChI is InChI=1S/C11H10N4O2S/c16-9-6-12-15-11(14-9)18-7-10(17)13-8-4-2-1-3-5-8/h1-6H,7H2,(H,13,17)(H,14,15,16). The fraction of sp³-hybridized carbons (Fsp3) is 0.0909.